The van der Waals surface area contributed by atoms with E-state index in [1.807, 2.05) is 0 Å². The van der Waals surface area contributed by atoms with Gasteiger partial charge in [0, 0.05) is 10.8 Å². The molecule has 18 aromatic rings. The van der Waals surface area contributed by atoms with E-state index in [1.54, 1.807) is 42.5 Å². The SMILES string of the molecule is [2H]c1c([2H])c([2H])c(-c2c([2H])c([2H])c(-c3c4c([2H])c([2H])c([2H])c([2H])c4c(-c4c([2H])c([2H])c5oc6c([2H])c([2H])c([2H])c([2H])c6c5c4[2H])c4c([2H])c([2H])c([2H])c([2H])c34)c([2H])c2[2H])c([2H])c1[2H].[2H]c1c([2H])c2c([2H])c([2H])c3c([2H])c([2H])c(-c4cc(-c5ccccc5)cc(-c5c([2H])c([2H])c6c([2H])c([2H])c7c([2H])c([2H])c([2H])c8c([2H])c([2H])c5c6c78)c4)c4c([2H])c([2H])c(c1[2H])c2c34. The van der Waals surface area contributed by atoms with Gasteiger partial charge in [0.1, 0.15) is 11.2 Å². The first-order chi connectivity index (χ1) is 58.7. The maximum Gasteiger partial charge on any atom is 0.135 e. The third-order valence-corrected chi connectivity index (χ3v) is 14.4. The first-order valence-electron chi connectivity index (χ1n) is 46.3. The smallest absolute Gasteiger partial charge is 0.135 e. The highest BCUT2D eigenvalue weighted by molar-refractivity contribution is 6.28. The molecule has 0 unspecified atom stereocenters. The Labute approximate surface area is 538 Å². The Bertz CT molecular complexity index is 7750. The zero-order valence-electron chi connectivity index (χ0n) is 84.0. The fraction of sp³-hybridized carbons (Fsp3) is 0. The molecule has 17 aromatic carbocycles. The Balaban J connectivity index is 0.000000177. The van der Waals surface area contributed by atoms with E-state index in [9.17, 15) is 19.2 Å². The van der Waals surface area contributed by atoms with Crippen molar-refractivity contribution in [2.24, 2.45) is 0 Å². The molecule has 0 amide bonds. The summed E-state index contributed by atoms with van der Waals surface area (Å²) in [5, 5.41) is -5.08. The number of hydrogen-bond acceptors (Lipinski definition) is 1. The second-order valence-corrected chi connectivity index (χ2v) is 18.9. The lowest BCUT2D eigenvalue weighted by atomic mass is 9.85. The molecule has 0 aliphatic carbocycles. The van der Waals surface area contributed by atoms with Crippen molar-refractivity contribution in [3.63, 3.8) is 0 Å². The minimum absolute atomic E-state index is 0.00774. The molecular weight excluding hydrogens is 1000 g/mol. The first kappa shape index (κ1) is 21.6. The third-order valence-electron chi connectivity index (χ3n) is 14.4. The van der Waals surface area contributed by atoms with Crippen LogP contribution in [-0.4, -0.2) is 0 Å². The molecule has 83 heavy (non-hydrogen) atoms. The number of para-hydroxylation sites is 1. The second-order valence-electron chi connectivity index (χ2n) is 18.9. The Morgan fingerprint density at radius 2 is 0.639 bits per heavy atom. The van der Waals surface area contributed by atoms with E-state index in [4.69, 9.17) is 42.8 Å². The summed E-state index contributed by atoms with van der Waals surface area (Å²) in [6.07, 6.45) is 0. The molecule has 0 saturated carbocycles. The van der Waals surface area contributed by atoms with Crippen molar-refractivity contribution >= 4 is 108 Å². The van der Waals surface area contributed by atoms with Crippen LogP contribution in [0.3, 0.4) is 0 Å². The lowest BCUT2D eigenvalue weighted by molar-refractivity contribution is 0.669. The molecule has 0 atom stereocenters. The quantitative estimate of drug-likeness (QED) is 0.119. The Hall–Kier alpha value is -10.9. The maximum atomic E-state index is 9.54. The van der Waals surface area contributed by atoms with E-state index < -0.39 is 331 Å². The summed E-state index contributed by atoms with van der Waals surface area (Å²) in [5.74, 6) is 0. The van der Waals surface area contributed by atoms with Crippen LogP contribution in [0.2, 0.25) is 0 Å². The average Bonchev–Trinajstić information content (AvgIpc) is 1.56. The highest BCUT2D eigenvalue weighted by Crippen LogP contribution is 2.47. The molecule has 1 nitrogen and oxygen atoms in total. The summed E-state index contributed by atoms with van der Waals surface area (Å²) >= 11 is 0. The molecule has 1 heterocycles. The van der Waals surface area contributed by atoms with Gasteiger partial charge in [-0.15, -0.1) is 0 Å². The van der Waals surface area contributed by atoms with Crippen molar-refractivity contribution in [1.82, 2.24) is 0 Å². The number of hydrogen-bond donors (Lipinski definition) is 0. The number of benzene rings is 17. The summed E-state index contributed by atoms with van der Waals surface area (Å²) in [6, 6.07) is -17.2. The van der Waals surface area contributed by atoms with E-state index in [0.29, 0.717) is 11.1 Å². The number of rotatable bonds is 6. The van der Waals surface area contributed by atoms with Crippen LogP contribution in [0.1, 0.15) is 57.6 Å². The Morgan fingerprint density at radius 3 is 1.19 bits per heavy atom. The number of fused-ring (bicyclic) bond motifs is 5. The number of furan rings is 1. The van der Waals surface area contributed by atoms with Gasteiger partial charge in [0.15, 0.2) is 0 Å². The van der Waals surface area contributed by atoms with Crippen molar-refractivity contribution in [1.29, 1.82) is 0 Å². The highest BCUT2D eigenvalue weighted by atomic mass is 16.3. The lowest BCUT2D eigenvalue weighted by Gasteiger charge is -2.18. The van der Waals surface area contributed by atoms with E-state index in [1.165, 1.54) is 6.07 Å². The van der Waals surface area contributed by atoms with Crippen molar-refractivity contribution in [3.8, 4) is 66.8 Å². The van der Waals surface area contributed by atoms with Gasteiger partial charge >= 0.3 is 0 Å². The van der Waals surface area contributed by atoms with Crippen LogP contribution in [0.5, 0.6) is 0 Å². The Kier molecular flexibility index (Phi) is 4.90. The van der Waals surface area contributed by atoms with Gasteiger partial charge in [-0.2, -0.15) is 0 Å². The minimum Gasteiger partial charge on any atom is -0.456 e. The molecule has 0 radical (unpaired) electrons. The fourth-order valence-electron chi connectivity index (χ4n) is 10.8. The van der Waals surface area contributed by atoms with Crippen molar-refractivity contribution in [2.45, 2.75) is 0 Å². The predicted molar refractivity (Wildman–Crippen MR) is 355 cm³/mol. The molecule has 1 aromatic heterocycles. The zero-order valence-corrected chi connectivity index (χ0v) is 42.0. The monoisotopic (exact) mass is 1090 g/mol. The summed E-state index contributed by atoms with van der Waals surface area (Å²) in [4.78, 5) is 0. The van der Waals surface area contributed by atoms with Crippen LogP contribution in [0.15, 0.2) is 307 Å². The van der Waals surface area contributed by atoms with Crippen LogP contribution >= 0.6 is 0 Å². The lowest BCUT2D eigenvalue weighted by Crippen LogP contribution is -1.91. The topological polar surface area (TPSA) is 13.1 Å². The minimum atomic E-state index is -1.02. The predicted octanol–water partition coefficient (Wildman–Crippen LogP) is 23.4. The zero-order chi connectivity index (χ0) is 91.1. The van der Waals surface area contributed by atoms with Gasteiger partial charge in [0.05, 0.1) is 57.6 Å². The summed E-state index contributed by atoms with van der Waals surface area (Å²) in [7, 11) is 0. The van der Waals surface area contributed by atoms with Crippen LogP contribution in [0.4, 0.5) is 0 Å². The summed E-state index contributed by atoms with van der Waals surface area (Å²) in [5.41, 5.74) is -4.12. The maximum absolute atomic E-state index is 9.54. The van der Waals surface area contributed by atoms with Gasteiger partial charge in [-0.1, -0.05) is 266 Å². The second kappa shape index (κ2) is 18.9. The van der Waals surface area contributed by atoms with Gasteiger partial charge in [-0.05, 0) is 189 Å². The average molecular weight is 1090 g/mol. The van der Waals surface area contributed by atoms with Crippen LogP contribution in [0.25, 0.3) is 175 Å². The molecule has 18 rings (SSSR count). The first-order valence-corrected chi connectivity index (χ1v) is 25.3. The van der Waals surface area contributed by atoms with Crippen LogP contribution < -0.4 is 0 Å². The van der Waals surface area contributed by atoms with Crippen molar-refractivity contribution in [3.05, 3.63) is 302 Å². The molecular formula is C82H50O. The third kappa shape index (κ3) is 7.63. The highest BCUT2D eigenvalue weighted by Gasteiger charge is 2.20. The van der Waals surface area contributed by atoms with Crippen molar-refractivity contribution < 1.29 is 62.0 Å². The molecule has 0 saturated heterocycles. The molecule has 0 spiro atoms. The standard InChI is InChI=1S/C44H26.C38H24O/c1-2-6-27(7-3-1)34-24-35(37-20-16-32-14-12-28-8-4-10-30-18-22-39(37)43(32)41(28)30)26-36(25-34)38-21-17-33-15-13-29-9-5-11-31-19-23-40(38)44(33)42(29)31;1-2-10-25(11-3-1)26-18-20-27(21-19-26)37-30-13-4-6-15-32(30)38(33-16-7-5-14-31(33)37)28-22-23-36-34(24-28)29-12-8-9-17-35(29)39-36/h1-26H;1-24H/i4D,5D,8D,9D,10D,11D,12D,13D,14D,15D,16D,17D,18D,19D,20D,21D,22D,23D;1D,2D,3D,4D,5D,6D,7D,8D,9D,10D,11D,12D,13D,14D,15D,16D,17D,18D,19D,20D,21D,22D,23D,24D. The molecule has 0 aliphatic heterocycles. The van der Waals surface area contributed by atoms with E-state index in [0.717, 1.165) is 0 Å². The molecule has 1 heteroatoms. The van der Waals surface area contributed by atoms with E-state index in [-0.39, 0.29) is 86.9 Å². The van der Waals surface area contributed by atoms with Gasteiger partial charge in [0.25, 0.3) is 0 Å². The normalized spacial score (nSPS) is 18.9. The van der Waals surface area contributed by atoms with Gasteiger partial charge in [-0.3, -0.25) is 0 Å². The van der Waals surface area contributed by atoms with E-state index in [2.05, 4.69) is 0 Å². The molecule has 0 aliphatic rings. The molecule has 0 bridgehead atoms. The van der Waals surface area contributed by atoms with Gasteiger partial charge in [-0.25, -0.2) is 0 Å². The van der Waals surface area contributed by atoms with Crippen LogP contribution in [-0.2, 0) is 0 Å². The largest absolute Gasteiger partial charge is 0.456 e. The van der Waals surface area contributed by atoms with Gasteiger partial charge in [0.2, 0.25) is 0 Å². The van der Waals surface area contributed by atoms with Gasteiger partial charge < -0.3 is 4.42 Å². The summed E-state index contributed by atoms with van der Waals surface area (Å²) in [6.45, 7) is 0. The summed E-state index contributed by atoms with van der Waals surface area (Å²) < 4.78 is 379. The molecule has 384 valence electrons. The molecule has 0 N–H and O–H groups in total. The Morgan fingerprint density at radius 1 is 0.229 bits per heavy atom. The fourth-order valence-corrected chi connectivity index (χ4v) is 10.8. The van der Waals surface area contributed by atoms with E-state index >= 15 is 0 Å². The van der Waals surface area contributed by atoms with Crippen LogP contribution in [0, 0.1) is 0 Å². The molecule has 0 fully saturated rings. The van der Waals surface area contributed by atoms with Crippen molar-refractivity contribution in [2.75, 3.05) is 0 Å².